The van der Waals surface area contributed by atoms with Crippen LogP contribution in [0.4, 0.5) is 0 Å². The van der Waals surface area contributed by atoms with Crippen LogP contribution in [0.5, 0.6) is 0 Å². The Morgan fingerprint density at radius 1 is 1.58 bits per heavy atom. The van der Waals surface area contributed by atoms with Crippen LogP contribution < -0.4 is 5.32 Å². The molecule has 2 heteroatoms. The molecular formula is C10H14N2. The van der Waals surface area contributed by atoms with E-state index >= 15 is 0 Å². The lowest BCUT2D eigenvalue weighted by Crippen LogP contribution is -2.29. The van der Waals surface area contributed by atoms with Gasteiger partial charge in [-0.1, -0.05) is 6.07 Å². The fourth-order valence-corrected chi connectivity index (χ4v) is 1.56. The number of hydrogen-bond donors (Lipinski definition) is 1. The molecular weight excluding hydrogens is 148 g/mol. The van der Waals surface area contributed by atoms with E-state index in [-0.39, 0.29) is 0 Å². The zero-order chi connectivity index (χ0) is 8.44. The van der Waals surface area contributed by atoms with Crippen molar-refractivity contribution in [3.63, 3.8) is 0 Å². The fraction of sp³-hybridized carbons (Fsp3) is 0.500. The molecule has 0 unspecified atom stereocenters. The van der Waals surface area contributed by atoms with Crippen molar-refractivity contribution in [2.24, 2.45) is 0 Å². The van der Waals surface area contributed by atoms with Gasteiger partial charge in [-0.3, -0.25) is 4.98 Å². The lowest BCUT2D eigenvalue weighted by molar-refractivity contribution is 0.548. The van der Waals surface area contributed by atoms with Crippen molar-refractivity contribution in [1.29, 1.82) is 0 Å². The van der Waals surface area contributed by atoms with Crippen LogP contribution in [0.3, 0.4) is 0 Å². The van der Waals surface area contributed by atoms with Crippen LogP contribution in [0, 0.1) is 0 Å². The maximum atomic E-state index is 4.10. The minimum Gasteiger partial charge on any atom is -0.314 e. The average Bonchev–Trinajstić information content (AvgIpc) is 2.88. The highest BCUT2D eigenvalue weighted by molar-refractivity contribution is 5.17. The molecule has 1 aliphatic carbocycles. The molecule has 2 rings (SSSR count). The van der Waals surface area contributed by atoms with Gasteiger partial charge in [-0.2, -0.15) is 0 Å². The summed E-state index contributed by atoms with van der Waals surface area (Å²) in [5.74, 6) is 0. The lowest BCUT2D eigenvalue weighted by Gasteiger charge is -2.12. The van der Waals surface area contributed by atoms with Gasteiger partial charge in [0.1, 0.15) is 0 Å². The van der Waals surface area contributed by atoms with Crippen molar-refractivity contribution in [1.82, 2.24) is 10.3 Å². The minimum atomic E-state index is 0.406. The molecule has 1 aromatic heterocycles. The van der Waals surface area contributed by atoms with Crippen molar-refractivity contribution in [3.05, 3.63) is 30.1 Å². The van der Waals surface area contributed by atoms with Gasteiger partial charge < -0.3 is 5.32 Å². The largest absolute Gasteiger partial charge is 0.314 e. The number of rotatable bonds is 3. The van der Waals surface area contributed by atoms with Crippen LogP contribution in [-0.4, -0.2) is 17.6 Å². The molecule has 1 N–H and O–H groups in total. The Morgan fingerprint density at radius 2 is 2.42 bits per heavy atom. The molecule has 1 aromatic rings. The molecule has 1 fully saturated rings. The number of hydrogen-bond acceptors (Lipinski definition) is 2. The van der Waals surface area contributed by atoms with E-state index in [1.807, 2.05) is 25.5 Å². The third-order valence-electron chi connectivity index (χ3n) is 2.65. The third kappa shape index (κ3) is 1.48. The quantitative estimate of drug-likeness (QED) is 0.726. The van der Waals surface area contributed by atoms with Gasteiger partial charge in [-0.25, -0.2) is 0 Å². The highest BCUT2D eigenvalue weighted by Crippen LogP contribution is 2.37. The summed E-state index contributed by atoms with van der Waals surface area (Å²) in [5, 5.41) is 3.37. The predicted octanol–water partition coefficient (Wildman–Crippen LogP) is 1.38. The number of likely N-dealkylation sites (N-methyl/N-ethyl adjacent to an activating group) is 1. The normalized spacial score (nSPS) is 19.1. The SMILES string of the molecule is CNC1(Cc2cccnc2)CC1. The van der Waals surface area contributed by atoms with E-state index in [1.165, 1.54) is 18.4 Å². The van der Waals surface area contributed by atoms with Crippen molar-refractivity contribution in [2.45, 2.75) is 24.8 Å². The van der Waals surface area contributed by atoms with Crippen molar-refractivity contribution < 1.29 is 0 Å². The van der Waals surface area contributed by atoms with Gasteiger partial charge in [0, 0.05) is 17.9 Å². The van der Waals surface area contributed by atoms with Crippen LogP contribution in [0.25, 0.3) is 0 Å². The Hall–Kier alpha value is -0.890. The molecule has 1 aliphatic rings. The maximum Gasteiger partial charge on any atom is 0.0300 e. The molecule has 1 heterocycles. The van der Waals surface area contributed by atoms with Gasteiger partial charge in [-0.05, 0) is 37.9 Å². The number of nitrogens with zero attached hydrogens (tertiary/aromatic N) is 1. The Bertz CT molecular complexity index is 252. The predicted molar refractivity (Wildman–Crippen MR) is 49.0 cm³/mol. The average molecular weight is 162 g/mol. The molecule has 12 heavy (non-hydrogen) atoms. The molecule has 2 nitrogen and oxygen atoms in total. The van der Waals surface area contributed by atoms with Gasteiger partial charge in [0.25, 0.3) is 0 Å². The molecule has 0 radical (unpaired) electrons. The molecule has 64 valence electrons. The summed E-state index contributed by atoms with van der Waals surface area (Å²) in [6, 6.07) is 4.14. The topological polar surface area (TPSA) is 24.9 Å². The zero-order valence-corrected chi connectivity index (χ0v) is 7.38. The number of nitrogens with one attached hydrogen (secondary N) is 1. The second-order valence-electron chi connectivity index (χ2n) is 3.57. The van der Waals surface area contributed by atoms with E-state index in [1.54, 1.807) is 0 Å². The summed E-state index contributed by atoms with van der Waals surface area (Å²) in [7, 11) is 2.05. The Kier molecular flexibility index (Phi) is 1.85. The van der Waals surface area contributed by atoms with Gasteiger partial charge in [-0.15, -0.1) is 0 Å². The summed E-state index contributed by atoms with van der Waals surface area (Å²) in [6.07, 6.45) is 7.51. The summed E-state index contributed by atoms with van der Waals surface area (Å²) in [4.78, 5) is 4.10. The van der Waals surface area contributed by atoms with Crippen molar-refractivity contribution >= 4 is 0 Å². The summed E-state index contributed by atoms with van der Waals surface area (Å²) >= 11 is 0. The highest BCUT2D eigenvalue weighted by atomic mass is 15.0. The van der Waals surface area contributed by atoms with Crippen LogP contribution >= 0.6 is 0 Å². The standard InChI is InChI=1S/C10H14N2/c1-11-10(4-5-10)7-9-3-2-6-12-8-9/h2-3,6,8,11H,4-5,7H2,1H3. The first-order chi connectivity index (χ1) is 5.85. The first kappa shape index (κ1) is 7.74. The smallest absolute Gasteiger partial charge is 0.0300 e. The highest BCUT2D eigenvalue weighted by Gasteiger charge is 2.40. The van der Waals surface area contributed by atoms with E-state index < -0.39 is 0 Å². The fourth-order valence-electron chi connectivity index (χ4n) is 1.56. The molecule has 0 spiro atoms. The van der Waals surface area contributed by atoms with Gasteiger partial charge in [0.2, 0.25) is 0 Å². The van der Waals surface area contributed by atoms with Crippen LogP contribution in [0.15, 0.2) is 24.5 Å². The van der Waals surface area contributed by atoms with Crippen molar-refractivity contribution in [2.75, 3.05) is 7.05 Å². The second kappa shape index (κ2) is 2.87. The molecule has 0 aliphatic heterocycles. The first-order valence-electron chi connectivity index (χ1n) is 4.42. The Balaban J connectivity index is 2.04. The lowest BCUT2D eigenvalue weighted by atomic mass is 10.1. The summed E-state index contributed by atoms with van der Waals surface area (Å²) in [6.45, 7) is 0. The van der Waals surface area contributed by atoms with E-state index in [4.69, 9.17) is 0 Å². The monoisotopic (exact) mass is 162 g/mol. The molecule has 0 amide bonds. The molecule has 0 bridgehead atoms. The zero-order valence-electron chi connectivity index (χ0n) is 7.38. The van der Waals surface area contributed by atoms with E-state index in [0.717, 1.165) is 6.42 Å². The summed E-state index contributed by atoms with van der Waals surface area (Å²) < 4.78 is 0. The number of pyridine rings is 1. The third-order valence-corrected chi connectivity index (χ3v) is 2.65. The van der Waals surface area contributed by atoms with E-state index in [0.29, 0.717) is 5.54 Å². The van der Waals surface area contributed by atoms with Crippen LogP contribution in [0.1, 0.15) is 18.4 Å². The van der Waals surface area contributed by atoms with Crippen LogP contribution in [-0.2, 0) is 6.42 Å². The van der Waals surface area contributed by atoms with Gasteiger partial charge >= 0.3 is 0 Å². The molecule has 1 saturated carbocycles. The minimum absolute atomic E-state index is 0.406. The van der Waals surface area contributed by atoms with Gasteiger partial charge in [0.15, 0.2) is 0 Å². The Morgan fingerprint density at radius 3 is 2.92 bits per heavy atom. The Labute approximate surface area is 73.0 Å². The van der Waals surface area contributed by atoms with E-state index in [2.05, 4.69) is 16.4 Å². The van der Waals surface area contributed by atoms with Gasteiger partial charge in [0.05, 0.1) is 0 Å². The maximum absolute atomic E-state index is 4.10. The summed E-state index contributed by atoms with van der Waals surface area (Å²) in [5.41, 5.74) is 1.74. The number of aromatic nitrogens is 1. The van der Waals surface area contributed by atoms with Crippen LogP contribution in [0.2, 0.25) is 0 Å². The van der Waals surface area contributed by atoms with E-state index in [9.17, 15) is 0 Å². The second-order valence-corrected chi connectivity index (χ2v) is 3.57. The van der Waals surface area contributed by atoms with Crippen molar-refractivity contribution in [3.8, 4) is 0 Å². The molecule has 0 saturated heterocycles. The first-order valence-corrected chi connectivity index (χ1v) is 4.42. The molecule has 0 atom stereocenters. The molecule has 0 aromatic carbocycles.